The standard InChI is InChI=1S/C12H12N2O/c1-8-9(2)14-7-11(12(8)15)10-3-5-13-6-4-10/h3-7H,1-2H3,(H,14,15). The van der Waals surface area contributed by atoms with Crippen molar-refractivity contribution in [1.82, 2.24) is 9.97 Å². The van der Waals surface area contributed by atoms with E-state index in [0.717, 1.165) is 16.8 Å². The van der Waals surface area contributed by atoms with Crippen LogP contribution in [0, 0.1) is 13.8 Å². The molecule has 2 aromatic rings. The number of nitrogens with one attached hydrogen (secondary N) is 1. The highest BCUT2D eigenvalue weighted by molar-refractivity contribution is 5.62. The molecule has 76 valence electrons. The van der Waals surface area contributed by atoms with E-state index in [1.807, 2.05) is 26.0 Å². The van der Waals surface area contributed by atoms with Gasteiger partial charge in [0.2, 0.25) is 0 Å². The van der Waals surface area contributed by atoms with Gasteiger partial charge in [0.05, 0.1) is 0 Å². The number of nitrogens with zero attached hydrogens (tertiary/aromatic N) is 1. The fourth-order valence-corrected chi connectivity index (χ4v) is 1.47. The Morgan fingerprint density at radius 3 is 2.53 bits per heavy atom. The second kappa shape index (κ2) is 3.69. The Labute approximate surface area is 87.8 Å². The number of hydrogen-bond acceptors (Lipinski definition) is 2. The molecule has 2 heterocycles. The molecule has 15 heavy (non-hydrogen) atoms. The summed E-state index contributed by atoms with van der Waals surface area (Å²) in [6.45, 7) is 3.73. The Kier molecular flexibility index (Phi) is 2.37. The molecule has 0 aliphatic carbocycles. The first kappa shape index (κ1) is 9.65. The van der Waals surface area contributed by atoms with E-state index in [9.17, 15) is 4.79 Å². The molecule has 0 saturated heterocycles. The SMILES string of the molecule is Cc1[nH]cc(-c2ccncc2)c(=O)c1C. The number of rotatable bonds is 1. The third kappa shape index (κ3) is 1.68. The van der Waals surface area contributed by atoms with E-state index in [2.05, 4.69) is 9.97 Å². The largest absolute Gasteiger partial charge is 0.364 e. The van der Waals surface area contributed by atoms with Crippen LogP contribution in [0.3, 0.4) is 0 Å². The molecule has 0 spiro atoms. The van der Waals surface area contributed by atoms with Gasteiger partial charge in [-0.2, -0.15) is 0 Å². The Morgan fingerprint density at radius 2 is 1.87 bits per heavy atom. The summed E-state index contributed by atoms with van der Waals surface area (Å²) >= 11 is 0. The minimum Gasteiger partial charge on any atom is -0.364 e. The Balaban J connectivity index is 2.66. The van der Waals surface area contributed by atoms with E-state index in [4.69, 9.17) is 0 Å². The van der Waals surface area contributed by atoms with E-state index >= 15 is 0 Å². The van der Waals surface area contributed by atoms with Crippen LogP contribution in [-0.2, 0) is 0 Å². The lowest BCUT2D eigenvalue weighted by atomic mass is 10.1. The zero-order valence-corrected chi connectivity index (χ0v) is 8.74. The number of aryl methyl sites for hydroxylation is 1. The maximum Gasteiger partial charge on any atom is 0.192 e. The molecule has 0 unspecified atom stereocenters. The quantitative estimate of drug-likeness (QED) is 0.765. The molecule has 1 N–H and O–H groups in total. The summed E-state index contributed by atoms with van der Waals surface area (Å²) in [6.07, 6.45) is 5.12. The summed E-state index contributed by atoms with van der Waals surface area (Å²) in [4.78, 5) is 19.0. The fourth-order valence-electron chi connectivity index (χ4n) is 1.47. The van der Waals surface area contributed by atoms with E-state index in [-0.39, 0.29) is 5.43 Å². The van der Waals surface area contributed by atoms with Crippen molar-refractivity contribution in [3.8, 4) is 11.1 Å². The first-order chi connectivity index (χ1) is 7.20. The third-order valence-electron chi connectivity index (χ3n) is 2.57. The van der Waals surface area contributed by atoms with E-state index < -0.39 is 0 Å². The summed E-state index contributed by atoms with van der Waals surface area (Å²) in [5, 5.41) is 0. The average molecular weight is 200 g/mol. The zero-order chi connectivity index (χ0) is 10.8. The van der Waals surface area contributed by atoms with Crippen molar-refractivity contribution in [2.24, 2.45) is 0 Å². The van der Waals surface area contributed by atoms with Gasteiger partial charge in [0.1, 0.15) is 0 Å². The lowest BCUT2D eigenvalue weighted by Gasteiger charge is -2.04. The molecule has 0 aliphatic heterocycles. The smallest absolute Gasteiger partial charge is 0.192 e. The topological polar surface area (TPSA) is 45.8 Å². The van der Waals surface area contributed by atoms with Crippen LogP contribution in [0.25, 0.3) is 11.1 Å². The van der Waals surface area contributed by atoms with Crippen molar-refractivity contribution in [1.29, 1.82) is 0 Å². The van der Waals surface area contributed by atoms with Crippen molar-refractivity contribution in [3.63, 3.8) is 0 Å². The molecule has 0 aliphatic rings. The third-order valence-corrected chi connectivity index (χ3v) is 2.57. The van der Waals surface area contributed by atoms with Gasteiger partial charge in [-0.25, -0.2) is 0 Å². The average Bonchev–Trinajstić information content (AvgIpc) is 2.27. The van der Waals surface area contributed by atoms with Crippen molar-refractivity contribution < 1.29 is 0 Å². The van der Waals surface area contributed by atoms with Gasteiger partial charge >= 0.3 is 0 Å². The number of H-pyrrole nitrogens is 1. The number of aromatic nitrogens is 2. The summed E-state index contributed by atoms with van der Waals surface area (Å²) in [6, 6.07) is 3.67. The summed E-state index contributed by atoms with van der Waals surface area (Å²) in [5.41, 5.74) is 3.36. The molecular formula is C12H12N2O. The monoisotopic (exact) mass is 200 g/mol. The Bertz CT molecular complexity index is 529. The van der Waals surface area contributed by atoms with Gasteiger partial charge in [-0.05, 0) is 31.5 Å². The van der Waals surface area contributed by atoms with Gasteiger partial charge < -0.3 is 4.98 Å². The first-order valence-electron chi connectivity index (χ1n) is 4.79. The lowest BCUT2D eigenvalue weighted by Crippen LogP contribution is -2.11. The van der Waals surface area contributed by atoms with Gasteiger partial charge in [0.15, 0.2) is 5.43 Å². The number of hydrogen-bond donors (Lipinski definition) is 1. The zero-order valence-electron chi connectivity index (χ0n) is 8.74. The highest BCUT2D eigenvalue weighted by Crippen LogP contribution is 2.13. The van der Waals surface area contributed by atoms with Crippen molar-refractivity contribution in [3.05, 3.63) is 52.2 Å². The van der Waals surface area contributed by atoms with Crippen LogP contribution in [0.2, 0.25) is 0 Å². The van der Waals surface area contributed by atoms with Crippen LogP contribution in [0.15, 0.2) is 35.5 Å². The molecular weight excluding hydrogens is 188 g/mol. The van der Waals surface area contributed by atoms with Gasteiger partial charge in [-0.1, -0.05) is 0 Å². The maximum absolute atomic E-state index is 11.9. The van der Waals surface area contributed by atoms with Crippen molar-refractivity contribution in [2.75, 3.05) is 0 Å². The fraction of sp³-hybridized carbons (Fsp3) is 0.167. The van der Waals surface area contributed by atoms with Crippen LogP contribution in [0.4, 0.5) is 0 Å². The molecule has 0 radical (unpaired) electrons. The van der Waals surface area contributed by atoms with E-state index in [1.54, 1.807) is 18.6 Å². The molecule has 0 fully saturated rings. The highest BCUT2D eigenvalue weighted by atomic mass is 16.1. The maximum atomic E-state index is 11.9. The second-order valence-corrected chi connectivity index (χ2v) is 3.52. The van der Waals surface area contributed by atoms with E-state index in [0.29, 0.717) is 5.56 Å². The lowest BCUT2D eigenvalue weighted by molar-refractivity contribution is 1.13. The molecule has 3 nitrogen and oxygen atoms in total. The van der Waals surface area contributed by atoms with Gasteiger partial charge in [0, 0.05) is 35.4 Å². The highest BCUT2D eigenvalue weighted by Gasteiger charge is 2.06. The molecule has 0 atom stereocenters. The molecule has 0 bridgehead atoms. The predicted octanol–water partition coefficient (Wildman–Crippen LogP) is 2.05. The van der Waals surface area contributed by atoms with Crippen LogP contribution in [0.5, 0.6) is 0 Å². The van der Waals surface area contributed by atoms with Crippen LogP contribution >= 0.6 is 0 Å². The minimum atomic E-state index is 0.0810. The molecule has 2 rings (SSSR count). The molecule has 0 amide bonds. The Hall–Kier alpha value is -1.90. The normalized spacial score (nSPS) is 10.3. The van der Waals surface area contributed by atoms with Crippen LogP contribution in [-0.4, -0.2) is 9.97 Å². The number of aromatic amines is 1. The van der Waals surface area contributed by atoms with Crippen molar-refractivity contribution in [2.45, 2.75) is 13.8 Å². The predicted molar refractivity (Wildman–Crippen MR) is 59.8 cm³/mol. The first-order valence-corrected chi connectivity index (χ1v) is 4.79. The van der Waals surface area contributed by atoms with Crippen LogP contribution < -0.4 is 5.43 Å². The Morgan fingerprint density at radius 1 is 1.20 bits per heavy atom. The summed E-state index contributed by atoms with van der Waals surface area (Å²) in [7, 11) is 0. The number of pyridine rings is 2. The molecule has 2 aromatic heterocycles. The van der Waals surface area contributed by atoms with Crippen LogP contribution in [0.1, 0.15) is 11.3 Å². The van der Waals surface area contributed by atoms with Crippen molar-refractivity contribution >= 4 is 0 Å². The van der Waals surface area contributed by atoms with Gasteiger partial charge in [-0.3, -0.25) is 9.78 Å². The second-order valence-electron chi connectivity index (χ2n) is 3.52. The minimum absolute atomic E-state index is 0.0810. The summed E-state index contributed by atoms with van der Waals surface area (Å²) in [5.74, 6) is 0. The summed E-state index contributed by atoms with van der Waals surface area (Å²) < 4.78 is 0. The van der Waals surface area contributed by atoms with E-state index in [1.165, 1.54) is 0 Å². The molecule has 0 aromatic carbocycles. The van der Waals surface area contributed by atoms with Gasteiger partial charge in [0.25, 0.3) is 0 Å². The molecule has 0 saturated carbocycles. The van der Waals surface area contributed by atoms with Gasteiger partial charge in [-0.15, -0.1) is 0 Å². The molecule has 3 heteroatoms.